The normalized spacial score (nSPS) is 16.6. The van der Waals surface area contributed by atoms with Gasteiger partial charge in [-0.05, 0) is 26.8 Å². The van der Waals surface area contributed by atoms with Crippen LogP contribution in [0.4, 0.5) is 4.79 Å². The summed E-state index contributed by atoms with van der Waals surface area (Å²) >= 11 is 1.50. The molecule has 0 atom stereocenters. The molecule has 0 radical (unpaired) electrons. The molecule has 1 saturated heterocycles. The number of piperidine rings is 1. The minimum atomic E-state index is -0.460. The van der Waals surface area contributed by atoms with Crippen molar-refractivity contribution in [3.63, 3.8) is 0 Å². The number of fused-ring (bicyclic) bond motifs is 1. The molecule has 2 aromatic heterocycles. The Bertz CT molecular complexity index is 687. The largest absolute Gasteiger partial charge is 0.474 e. The quantitative estimate of drug-likeness (QED) is 0.841. The van der Waals surface area contributed by atoms with Crippen molar-refractivity contribution >= 4 is 27.8 Å². The maximum Gasteiger partial charge on any atom is 0.410 e. The molecule has 0 aromatic carbocycles. The zero-order chi connectivity index (χ0) is 16.4. The van der Waals surface area contributed by atoms with E-state index in [1.807, 2.05) is 32.9 Å². The van der Waals surface area contributed by atoms with Gasteiger partial charge in [0, 0.05) is 32.0 Å². The Morgan fingerprint density at radius 2 is 2.04 bits per heavy atom. The lowest BCUT2D eigenvalue weighted by molar-refractivity contribution is 0.0123. The van der Waals surface area contributed by atoms with Crippen LogP contribution in [0.25, 0.3) is 10.3 Å². The summed E-state index contributed by atoms with van der Waals surface area (Å²) in [5.41, 5.74) is 2.21. The number of hydrogen-bond donors (Lipinski definition) is 0. The van der Waals surface area contributed by atoms with Gasteiger partial charge in [0.2, 0.25) is 5.88 Å². The number of carbonyl (C=O) groups excluding carboxylic acids is 1. The Balaban J connectivity index is 1.53. The molecule has 3 rings (SSSR count). The van der Waals surface area contributed by atoms with Crippen LogP contribution in [0, 0.1) is 0 Å². The van der Waals surface area contributed by atoms with Crippen molar-refractivity contribution in [3.8, 4) is 5.88 Å². The Labute approximate surface area is 139 Å². The molecule has 0 unspecified atom stereocenters. The number of likely N-dealkylation sites (tertiary alicyclic amines) is 1. The molecule has 0 saturated carbocycles. The van der Waals surface area contributed by atoms with Crippen molar-refractivity contribution in [2.24, 2.45) is 0 Å². The highest BCUT2D eigenvalue weighted by Crippen LogP contribution is 2.23. The number of carbonyl (C=O) groups is 1. The van der Waals surface area contributed by atoms with E-state index in [0.717, 1.165) is 23.2 Å². The number of hydrogen-bond acceptors (Lipinski definition) is 6. The predicted octanol–water partition coefficient (Wildman–Crippen LogP) is 3.47. The second-order valence-corrected chi connectivity index (χ2v) is 7.44. The molecule has 7 heteroatoms. The van der Waals surface area contributed by atoms with Gasteiger partial charge >= 0.3 is 6.09 Å². The smallest absolute Gasteiger partial charge is 0.410 e. The van der Waals surface area contributed by atoms with Crippen molar-refractivity contribution in [1.82, 2.24) is 14.9 Å². The summed E-state index contributed by atoms with van der Waals surface area (Å²) in [6.07, 6.45) is 1.38. The lowest BCUT2D eigenvalue weighted by atomic mass is 10.1. The van der Waals surface area contributed by atoms with Gasteiger partial charge in [-0.1, -0.05) is 0 Å². The first-order valence-electron chi connectivity index (χ1n) is 7.75. The summed E-state index contributed by atoms with van der Waals surface area (Å²) in [6.45, 7) is 6.91. The van der Waals surface area contributed by atoms with E-state index in [2.05, 4.69) is 9.97 Å². The highest BCUT2D eigenvalue weighted by atomic mass is 32.1. The molecule has 124 valence electrons. The number of thiazole rings is 1. The second-order valence-electron chi connectivity index (χ2n) is 6.61. The first-order chi connectivity index (χ1) is 10.9. The molecule has 23 heavy (non-hydrogen) atoms. The first-order valence-corrected chi connectivity index (χ1v) is 8.63. The number of ether oxygens (including phenoxy) is 2. The molecular formula is C16H21N3O3S. The molecule has 1 amide bonds. The fourth-order valence-electron chi connectivity index (χ4n) is 2.45. The van der Waals surface area contributed by atoms with E-state index in [-0.39, 0.29) is 12.2 Å². The van der Waals surface area contributed by atoms with Gasteiger partial charge in [-0.25, -0.2) is 14.8 Å². The molecule has 2 aromatic rings. The van der Waals surface area contributed by atoms with Gasteiger partial charge in [-0.2, -0.15) is 0 Å². The Morgan fingerprint density at radius 1 is 1.30 bits per heavy atom. The molecule has 0 N–H and O–H groups in total. The second kappa shape index (κ2) is 6.31. The van der Waals surface area contributed by atoms with Gasteiger partial charge in [0.1, 0.15) is 22.1 Å². The van der Waals surface area contributed by atoms with E-state index in [1.54, 1.807) is 10.4 Å². The lowest BCUT2D eigenvalue weighted by Gasteiger charge is -2.33. The zero-order valence-corrected chi connectivity index (χ0v) is 14.4. The van der Waals surface area contributed by atoms with E-state index in [0.29, 0.717) is 19.0 Å². The number of amides is 1. The van der Waals surface area contributed by atoms with E-state index in [4.69, 9.17) is 9.47 Å². The van der Waals surface area contributed by atoms with Crippen LogP contribution in [-0.2, 0) is 4.74 Å². The third-order valence-corrected chi connectivity index (χ3v) is 4.29. The van der Waals surface area contributed by atoms with Crippen LogP contribution >= 0.6 is 11.3 Å². The van der Waals surface area contributed by atoms with Crippen LogP contribution in [0.5, 0.6) is 5.88 Å². The summed E-state index contributed by atoms with van der Waals surface area (Å²) in [5, 5.41) is 0. The minimum Gasteiger partial charge on any atom is -0.474 e. The van der Waals surface area contributed by atoms with Crippen molar-refractivity contribution < 1.29 is 14.3 Å². The summed E-state index contributed by atoms with van der Waals surface area (Å²) < 4.78 is 11.3. The van der Waals surface area contributed by atoms with Gasteiger partial charge in [-0.15, -0.1) is 11.3 Å². The topological polar surface area (TPSA) is 64.5 Å². The molecule has 0 bridgehead atoms. The van der Waals surface area contributed by atoms with Crippen LogP contribution in [0.1, 0.15) is 33.6 Å². The van der Waals surface area contributed by atoms with Gasteiger partial charge in [0.15, 0.2) is 0 Å². The van der Waals surface area contributed by atoms with Crippen LogP contribution in [0.3, 0.4) is 0 Å². The van der Waals surface area contributed by atoms with E-state index >= 15 is 0 Å². The monoisotopic (exact) mass is 335 g/mol. The number of nitrogens with zero attached hydrogens (tertiary/aromatic N) is 3. The van der Waals surface area contributed by atoms with E-state index < -0.39 is 5.60 Å². The fourth-order valence-corrected chi connectivity index (χ4v) is 3.10. The maximum absolute atomic E-state index is 12.0. The van der Waals surface area contributed by atoms with Gasteiger partial charge in [-0.3, -0.25) is 0 Å². The van der Waals surface area contributed by atoms with Gasteiger partial charge in [0.25, 0.3) is 0 Å². The van der Waals surface area contributed by atoms with Crippen molar-refractivity contribution in [3.05, 3.63) is 17.6 Å². The van der Waals surface area contributed by atoms with Gasteiger partial charge in [0.05, 0.1) is 5.51 Å². The molecule has 6 nitrogen and oxygen atoms in total. The van der Waals surface area contributed by atoms with Gasteiger partial charge < -0.3 is 14.4 Å². The molecular weight excluding hydrogens is 314 g/mol. The number of pyridine rings is 1. The number of rotatable bonds is 2. The average molecular weight is 335 g/mol. The Morgan fingerprint density at radius 3 is 2.74 bits per heavy atom. The molecule has 0 aliphatic carbocycles. The maximum atomic E-state index is 12.0. The SMILES string of the molecule is CC(C)(C)OC(=O)N1CCC(Oc2ccc3ncsc3n2)CC1. The highest BCUT2D eigenvalue weighted by molar-refractivity contribution is 7.16. The third kappa shape index (κ3) is 4.10. The van der Waals surface area contributed by atoms with Crippen molar-refractivity contribution in [1.29, 1.82) is 0 Å². The number of aromatic nitrogens is 2. The van der Waals surface area contributed by atoms with Crippen molar-refractivity contribution in [2.75, 3.05) is 13.1 Å². The summed E-state index contributed by atoms with van der Waals surface area (Å²) in [5.74, 6) is 0.623. The highest BCUT2D eigenvalue weighted by Gasteiger charge is 2.27. The summed E-state index contributed by atoms with van der Waals surface area (Å²) in [4.78, 5) is 23.3. The molecule has 0 spiro atoms. The Hall–Kier alpha value is -1.89. The standard InChI is InChI=1S/C16H21N3O3S/c1-16(2,3)22-15(20)19-8-6-11(7-9-19)21-13-5-4-12-14(18-13)23-10-17-12/h4-5,10-11H,6-9H2,1-3H3. The lowest BCUT2D eigenvalue weighted by Crippen LogP contribution is -2.44. The molecule has 1 fully saturated rings. The van der Waals surface area contributed by atoms with Crippen LogP contribution < -0.4 is 4.74 Å². The average Bonchev–Trinajstić information content (AvgIpc) is 2.94. The third-order valence-electron chi connectivity index (χ3n) is 3.55. The Kier molecular flexibility index (Phi) is 4.39. The molecule has 3 heterocycles. The zero-order valence-electron chi connectivity index (χ0n) is 13.6. The van der Waals surface area contributed by atoms with E-state index in [1.165, 1.54) is 11.3 Å². The van der Waals surface area contributed by atoms with E-state index in [9.17, 15) is 4.79 Å². The summed E-state index contributed by atoms with van der Waals surface area (Å²) in [7, 11) is 0. The first kappa shape index (κ1) is 16.0. The summed E-state index contributed by atoms with van der Waals surface area (Å²) in [6, 6.07) is 3.77. The van der Waals surface area contributed by atoms with Crippen LogP contribution in [0.2, 0.25) is 0 Å². The predicted molar refractivity (Wildman–Crippen MR) is 88.9 cm³/mol. The van der Waals surface area contributed by atoms with Crippen LogP contribution in [0.15, 0.2) is 17.6 Å². The fraction of sp³-hybridized carbons (Fsp3) is 0.562. The minimum absolute atomic E-state index is 0.0755. The van der Waals surface area contributed by atoms with Crippen molar-refractivity contribution in [2.45, 2.75) is 45.3 Å². The van der Waals surface area contributed by atoms with Crippen LogP contribution in [-0.4, -0.2) is 45.8 Å². The molecule has 1 aliphatic rings. The molecule has 1 aliphatic heterocycles.